The third kappa shape index (κ3) is 2.05. The molecule has 5 heteroatoms. The third-order valence-corrected chi connectivity index (χ3v) is 4.63. The lowest BCUT2D eigenvalue weighted by Gasteiger charge is -2.41. The number of para-hydroxylation sites is 1. The Morgan fingerprint density at radius 3 is 2.46 bits per heavy atom. The molecule has 2 aliphatic heterocycles. The van der Waals surface area contributed by atoms with E-state index in [1.165, 1.54) is 0 Å². The fraction of sp³-hybridized carbons (Fsp3) is 0.263. The van der Waals surface area contributed by atoms with Crippen molar-refractivity contribution >= 4 is 17.5 Å². The summed E-state index contributed by atoms with van der Waals surface area (Å²) in [5, 5.41) is 0. The number of anilines is 1. The van der Waals surface area contributed by atoms with Crippen LogP contribution >= 0.6 is 0 Å². The molecule has 0 spiro atoms. The van der Waals surface area contributed by atoms with E-state index in [0.717, 1.165) is 12.0 Å². The molecule has 2 aromatic rings. The minimum atomic E-state index is -0.368. The normalized spacial score (nSPS) is 18.5. The number of rotatable bonds is 4. The Kier molecular flexibility index (Phi) is 3.58. The van der Waals surface area contributed by atoms with E-state index in [-0.39, 0.29) is 18.0 Å². The number of hydrogen-bond acceptors (Lipinski definition) is 3. The minimum absolute atomic E-state index is 0.0348. The van der Waals surface area contributed by atoms with Crippen molar-refractivity contribution in [3.8, 4) is 0 Å². The number of methoxy groups -OCH3 is 1. The van der Waals surface area contributed by atoms with Gasteiger partial charge in [-0.3, -0.25) is 14.5 Å². The zero-order valence-corrected chi connectivity index (χ0v) is 13.4. The first kappa shape index (κ1) is 14.9. The third-order valence-electron chi connectivity index (χ3n) is 4.63. The summed E-state index contributed by atoms with van der Waals surface area (Å²) < 4.78 is 5.12. The van der Waals surface area contributed by atoms with Gasteiger partial charge in [0.2, 0.25) is 0 Å². The topological polar surface area (TPSA) is 49.9 Å². The van der Waals surface area contributed by atoms with E-state index in [2.05, 4.69) is 0 Å². The fourth-order valence-electron chi connectivity index (χ4n) is 3.58. The van der Waals surface area contributed by atoms with Gasteiger partial charge in [0.1, 0.15) is 6.17 Å². The summed E-state index contributed by atoms with van der Waals surface area (Å²) in [6.45, 7) is 1.12. The standard InChI is InChI=1S/C19H18N2O3/c1-24-12-6-11-20-17-13-7-2-3-8-14(13)19(23)21(17)16-10-5-4-9-15(16)18(20)22/h2-5,7-10,17H,6,11-12H2,1H3/t17-/m0/s1. The monoisotopic (exact) mass is 322 g/mol. The summed E-state index contributed by atoms with van der Waals surface area (Å²) in [6.07, 6.45) is 0.360. The molecule has 2 aromatic carbocycles. The second-order valence-corrected chi connectivity index (χ2v) is 6.00. The van der Waals surface area contributed by atoms with Crippen molar-refractivity contribution in [2.75, 3.05) is 25.2 Å². The van der Waals surface area contributed by atoms with Crippen molar-refractivity contribution in [3.63, 3.8) is 0 Å². The summed E-state index contributed by atoms with van der Waals surface area (Å²) >= 11 is 0. The van der Waals surface area contributed by atoms with Crippen molar-refractivity contribution in [2.24, 2.45) is 0 Å². The molecule has 0 saturated carbocycles. The zero-order chi connectivity index (χ0) is 16.7. The Bertz CT molecular complexity index is 818. The van der Waals surface area contributed by atoms with Crippen molar-refractivity contribution in [1.82, 2.24) is 4.90 Å². The number of nitrogens with zero attached hydrogens (tertiary/aromatic N) is 2. The van der Waals surface area contributed by atoms with Gasteiger partial charge in [0.25, 0.3) is 11.8 Å². The van der Waals surface area contributed by atoms with Crippen LogP contribution in [0.15, 0.2) is 48.5 Å². The molecule has 0 unspecified atom stereocenters. The molecule has 0 aliphatic carbocycles. The molecule has 0 bridgehead atoms. The van der Waals surface area contributed by atoms with Gasteiger partial charge < -0.3 is 9.64 Å². The molecule has 2 amide bonds. The Morgan fingerprint density at radius 2 is 1.67 bits per heavy atom. The molecule has 1 atom stereocenters. The van der Waals surface area contributed by atoms with Gasteiger partial charge in [-0.25, -0.2) is 0 Å². The lowest BCUT2D eigenvalue weighted by Crippen LogP contribution is -2.48. The van der Waals surface area contributed by atoms with Crippen LogP contribution in [0.3, 0.4) is 0 Å². The predicted molar refractivity (Wildman–Crippen MR) is 90.0 cm³/mol. The first-order chi connectivity index (χ1) is 11.7. The number of ether oxygens (including phenoxy) is 1. The van der Waals surface area contributed by atoms with Crippen LogP contribution in [0, 0.1) is 0 Å². The van der Waals surface area contributed by atoms with E-state index in [0.29, 0.717) is 30.0 Å². The molecule has 0 aromatic heterocycles. The first-order valence-corrected chi connectivity index (χ1v) is 8.05. The summed E-state index contributed by atoms with van der Waals surface area (Å²) in [4.78, 5) is 29.5. The van der Waals surface area contributed by atoms with Gasteiger partial charge >= 0.3 is 0 Å². The van der Waals surface area contributed by atoms with Gasteiger partial charge in [-0.15, -0.1) is 0 Å². The van der Waals surface area contributed by atoms with Gasteiger partial charge in [-0.1, -0.05) is 30.3 Å². The molecule has 0 N–H and O–H groups in total. The maximum atomic E-state index is 13.0. The van der Waals surface area contributed by atoms with Crippen LogP contribution in [-0.2, 0) is 4.74 Å². The number of hydrogen-bond donors (Lipinski definition) is 0. The number of fused-ring (bicyclic) bond motifs is 5. The molecule has 0 radical (unpaired) electrons. The van der Waals surface area contributed by atoms with Crippen molar-refractivity contribution in [3.05, 3.63) is 65.2 Å². The van der Waals surface area contributed by atoms with E-state index in [9.17, 15) is 9.59 Å². The highest BCUT2D eigenvalue weighted by molar-refractivity contribution is 6.16. The van der Waals surface area contributed by atoms with Gasteiger partial charge in [0.15, 0.2) is 0 Å². The molecular weight excluding hydrogens is 304 g/mol. The average Bonchev–Trinajstić information content (AvgIpc) is 2.91. The first-order valence-electron chi connectivity index (χ1n) is 8.05. The van der Waals surface area contributed by atoms with Gasteiger partial charge in [-0.2, -0.15) is 0 Å². The van der Waals surface area contributed by atoms with Crippen molar-refractivity contribution in [1.29, 1.82) is 0 Å². The summed E-state index contributed by atoms with van der Waals surface area (Å²) in [6, 6.07) is 14.9. The van der Waals surface area contributed by atoms with Crippen LogP contribution in [0.4, 0.5) is 5.69 Å². The minimum Gasteiger partial charge on any atom is -0.385 e. The smallest absolute Gasteiger partial charge is 0.260 e. The summed E-state index contributed by atoms with van der Waals surface area (Å²) in [5.41, 5.74) is 2.83. The van der Waals surface area contributed by atoms with Crippen LogP contribution in [-0.4, -0.2) is 37.0 Å². The van der Waals surface area contributed by atoms with Crippen molar-refractivity contribution in [2.45, 2.75) is 12.6 Å². The number of carbonyl (C=O) groups excluding carboxylic acids is 2. The molecule has 4 rings (SSSR count). The molecule has 0 saturated heterocycles. The lowest BCUT2D eigenvalue weighted by molar-refractivity contribution is 0.0624. The molecule has 2 heterocycles. The summed E-state index contributed by atoms with van der Waals surface area (Å²) in [7, 11) is 1.65. The van der Waals surface area contributed by atoms with Gasteiger partial charge in [-0.05, 0) is 24.6 Å². The molecule has 0 fully saturated rings. The highest BCUT2D eigenvalue weighted by Gasteiger charge is 2.47. The average molecular weight is 322 g/mol. The second-order valence-electron chi connectivity index (χ2n) is 6.00. The van der Waals surface area contributed by atoms with Crippen LogP contribution in [0.25, 0.3) is 0 Å². The highest BCUT2D eigenvalue weighted by Crippen LogP contribution is 2.44. The molecule has 2 aliphatic rings. The van der Waals surface area contributed by atoms with Crippen molar-refractivity contribution < 1.29 is 14.3 Å². The Balaban J connectivity index is 1.84. The fourth-order valence-corrected chi connectivity index (χ4v) is 3.58. The quantitative estimate of drug-likeness (QED) is 0.813. The van der Waals surface area contributed by atoms with Crippen LogP contribution < -0.4 is 4.90 Å². The van der Waals surface area contributed by atoms with Gasteiger partial charge in [0, 0.05) is 31.4 Å². The Hall–Kier alpha value is -2.66. The number of carbonyl (C=O) groups is 2. The highest BCUT2D eigenvalue weighted by atomic mass is 16.5. The largest absolute Gasteiger partial charge is 0.385 e. The zero-order valence-electron chi connectivity index (χ0n) is 13.4. The van der Waals surface area contributed by atoms with E-state index in [4.69, 9.17) is 4.74 Å². The van der Waals surface area contributed by atoms with E-state index in [1.54, 1.807) is 23.0 Å². The predicted octanol–water partition coefficient (Wildman–Crippen LogP) is 2.84. The van der Waals surface area contributed by atoms with Crippen LogP contribution in [0.5, 0.6) is 0 Å². The Morgan fingerprint density at radius 1 is 0.958 bits per heavy atom. The Labute approximate surface area is 140 Å². The molecule has 122 valence electrons. The van der Waals surface area contributed by atoms with E-state index in [1.807, 2.05) is 42.5 Å². The molecular formula is C19H18N2O3. The van der Waals surface area contributed by atoms with Crippen LogP contribution in [0.1, 0.15) is 38.9 Å². The SMILES string of the molecule is COCCCN1C(=O)c2ccccc2N2C(=O)c3ccccc3[C@@H]12. The van der Waals surface area contributed by atoms with E-state index >= 15 is 0 Å². The van der Waals surface area contributed by atoms with Gasteiger partial charge in [0.05, 0.1) is 11.3 Å². The maximum absolute atomic E-state index is 13.0. The molecule has 24 heavy (non-hydrogen) atoms. The number of benzene rings is 2. The number of amides is 2. The molecule has 5 nitrogen and oxygen atoms in total. The van der Waals surface area contributed by atoms with Crippen LogP contribution in [0.2, 0.25) is 0 Å². The van der Waals surface area contributed by atoms with E-state index < -0.39 is 0 Å². The second kappa shape index (κ2) is 5.76. The maximum Gasteiger partial charge on any atom is 0.260 e. The lowest BCUT2D eigenvalue weighted by atomic mass is 10.0. The summed E-state index contributed by atoms with van der Waals surface area (Å²) in [5.74, 6) is -0.0836.